The van der Waals surface area contributed by atoms with E-state index in [-0.39, 0.29) is 11.8 Å². The van der Waals surface area contributed by atoms with Crippen molar-refractivity contribution in [2.75, 3.05) is 57.7 Å². The predicted molar refractivity (Wildman–Crippen MR) is 114 cm³/mol. The predicted octanol–water partition coefficient (Wildman–Crippen LogP) is 2.45. The van der Waals surface area contributed by atoms with Gasteiger partial charge >= 0.3 is 0 Å². The molecule has 1 aromatic carbocycles. The molecule has 1 fully saturated rings. The van der Waals surface area contributed by atoms with Crippen LogP contribution in [0.15, 0.2) is 24.3 Å². The molecule has 1 aliphatic heterocycles. The van der Waals surface area contributed by atoms with Crippen LogP contribution in [0.25, 0.3) is 0 Å². The lowest BCUT2D eigenvalue weighted by atomic mass is 10.1. The van der Waals surface area contributed by atoms with Crippen LogP contribution < -0.4 is 5.32 Å². The quantitative estimate of drug-likeness (QED) is 0.669. The summed E-state index contributed by atoms with van der Waals surface area (Å²) in [6.07, 6.45) is 3.03. The Bertz CT molecular complexity index is 621. The topological polar surface area (TPSA) is 55.9 Å². The number of hydrogen-bond donors (Lipinski definition) is 1. The molecule has 6 nitrogen and oxygen atoms in total. The fourth-order valence-corrected chi connectivity index (χ4v) is 3.69. The Morgan fingerprint density at radius 3 is 2.25 bits per heavy atom. The number of rotatable bonds is 10. The summed E-state index contributed by atoms with van der Waals surface area (Å²) < 4.78 is 0. The normalized spacial score (nSPS) is 15.1. The van der Waals surface area contributed by atoms with Gasteiger partial charge < -0.3 is 10.2 Å². The molecule has 1 heterocycles. The molecule has 6 heteroatoms. The molecule has 0 radical (unpaired) electrons. The number of amides is 2. The van der Waals surface area contributed by atoms with Gasteiger partial charge in [0.1, 0.15) is 0 Å². The molecule has 0 unspecified atom stereocenters. The molecular formula is C22H36N4O2. The highest BCUT2D eigenvalue weighted by Gasteiger charge is 2.23. The Balaban J connectivity index is 1.77. The van der Waals surface area contributed by atoms with Gasteiger partial charge in [0.25, 0.3) is 0 Å². The zero-order valence-electron chi connectivity index (χ0n) is 17.7. The molecule has 0 atom stereocenters. The van der Waals surface area contributed by atoms with Crippen LogP contribution in [-0.4, -0.2) is 78.9 Å². The molecule has 0 aromatic heterocycles. The number of anilines is 1. The van der Waals surface area contributed by atoms with Crippen LogP contribution in [0.2, 0.25) is 0 Å². The summed E-state index contributed by atoms with van der Waals surface area (Å²) in [4.78, 5) is 31.3. The van der Waals surface area contributed by atoms with Crippen LogP contribution in [0.4, 0.5) is 5.69 Å². The third-order valence-corrected chi connectivity index (χ3v) is 5.20. The molecule has 0 aliphatic carbocycles. The molecule has 1 saturated heterocycles. The molecule has 1 aliphatic rings. The molecule has 2 rings (SSSR count). The fourth-order valence-electron chi connectivity index (χ4n) is 3.69. The Labute approximate surface area is 169 Å². The van der Waals surface area contributed by atoms with Gasteiger partial charge in [-0.2, -0.15) is 0 Å². The van der Waals surface area contributed by atoms with Gasteiger partial charge in [-0.25, -0.2) is 0 Å². The molecule has 0 bridgehead atoms. The van der Waals surface area contributed by atoms with Crippen LogP contribution in [0, 0.1) is 0 Å². The first-order valence-electron chi connectivity index (χ1n) is 10.7. The van der Waals surface area contributed by atoms with Gasteiger partial charge in [-0.1, -0.05) is 39.0 Å². The summed E-state index contributed by atoms with van der Waals surface area (Å²) in [7, 11) is 0. The highest BCUT2D eigenvalue weighted by molar-refractivity contribution is 5.93. The van der Waals surface area contributed by atoms with Gasteiger partial charge in [0, 0.05) is 31.9 Å². The van der Waals surface area contributed by atoms with E-state index >= 15 is 0 Å². The number of benzene rings is 1. The lowest BCUT2D eigenvalue weighted by Crippen LogP contribution is -2.52. The highest BCUT2D eigenvalue weighted by atomic mass is 16.2. The Hall–Kier alpha value is -1.92. The van der Waals surface area contributed by atoms with Crippen molar-refractivity contribution in [2.24, 2.45) is 0 Å². The second kappa shape index (κ2) is 11.8. The Morgan fingerprint density at radius 2 is 1.64 bits per heavy atom. The van der Waals surface area contributed by atoms with E-state index in [2.05, 4.69) is 35.9 Å². The van der Waals surface area contributed by atoms with Gasteiger partial charge in [0.15, 0.2) is 0 Å². The molecule has 0 saturated carbocycles. The Kier molecular flexibility index (Phi) is 9.44. The molecule has 2 amide bonds. The van der Waals surface area contributed by atoms with Gasteiger partial charge in [-0.05, 0) is 44.0 Å². The molecule has 1 N–H and O–H groups in total. The number of nitrogens with one attached hydrogen (secondary N) is 1. The van der Waals surface area contributed by atoms with E-state index in [1.165, 1.54) is 0 Å². The third kappa shape index (κ3) is 6.91. The number of carbonyl (C=O) groups is 2. The molecule has 0 spiro atoms. The van der Waals surface area contributed by atoms with Crippen LogP contribution >= 0.6 is 0 Å². The SMILES string of the molecule is CCCN(CCC)CC(=O)N1CCN(CC(=O)Nc2ccccc2CC)CC1. The minimum Gasteiger partial charge on any atom is -0.339 e. The molecular weight excluding hydrogens is 352 g/mol. The van der Waals surface area contributed by atoms with Crippen LogP contribution in [-0.2, 0) is 16.0 Å². The second-order valence-electron chi connectivity index (χ2n) is 7.49. The van der Waals surface area contributed by atoms with E-state index in [0.717, 1.165) is 56.7 Å². The minimum absolute atomic E-state index is 0.0118. The summed E-state index contributed by atoms with van der Waals surface area (Å²) in [6.45, 7) is 12.1. The van der Waals surface area contributed by atoms with E-state index in [4.69, 9.17) is 0 Å². The summed E-state index contributed by atoms with van der Waals surface area (Å²) in [6, 6.07) is 7.93. The minimum atomic E-state index is 0.0118. The average Bonchev–Trinajstić information content (AvgIpc) is 2.69. The zero-order valence-corrected chi connectivity index (χ0v) is 17.7. The number of carbonyl (C=O) groups excluding carboxylic acids is 2. The standard InChI is InChI=1S/C22H36N4O2/c1-4-11-24(12-5-2)18-22(28)26-15-13-25(14-16-26)17-21(27)23-20-10-8-7-9-19(20)6-3/h7-10H,4-6,11-18H2,1-3H3,(H,23,27). The van der Waals surface area contributed by atoms with Crippen molar-refractivity contribution in [3.8, 4) is 0 Å². The first kappa shape index (κ1) is 22.4. The monoisotopic (exact) mass is 388 g/mol. The number of hydrogen-bond acceptors (Lipinski definition) is 4. The van der Waals surface area contributed by atoms with E-state index in [1.54, 1.807) is 0 Å². The smallest absolute Gasteiger partial charge is 0.238 e. The summed E-state index contributed by atoms with van der Waals surface area (Å²) in [5.41, 5.74) is 2.05. The maximum absolute atomic E-state index is 12.6. The van der Waals surface area contributed by atoms with E-state index in [0.29, 0.717) is 26.2 Å². The van der Waals surface area contributed by atoms with Crippen LogP contribution in [0.5, 0.6) is 0 Å². The maximum atomic E-state index is 12.6. The number of piperazine rings is 1. The van der Waals surface area contributed by atoms with E-state index in [1.807, 2.05) is 29.2 Å². The van der Waals surface area contributed by atoms with Crippen molar-refractivity contribution in [2.45, 2.75) is 40.0 Å². The van der Waals surface area contributed by atoms with Gasteiger partial charge in [-0.3, -0.25) is 19.4 Å². The largest absolute Gasteiger partial charge is 0.339 e. The summed E-state index contributed by atoms with van der Waals surface area (Å²) in [5, 5.41) is 3.03. The summed E-state index contributed by atoms with van der Waals surface area (Å²) in [5.74, 6) is 0.223. The summed E-state index contributed by atoms with van der Waals surface area (Å²) >= 11 is 0. The number of aryl methyl sites for hydroxylation is 1. The van der Waals surface area contributed by atoms with Crippen molar-refractivity contribution in [3.63, 3.8) is 0 Å². The van der Waals surface area contributed by atoms with Crippen molar-refractivity contribution in [1.29, 1.82) is 0 Å². The number of para-hydroxylation sites is 1. The van der Waals surface area contributed by atoms with E-state index in [9.17, 15) is 9.59 Å². The van der Waals surface area contributed by atoms with Crippen LogP contribution in [0.3, 0.4) is 0 Å². The molecule has 156 valence electrons. The van der Waals surface area contributed by atoms with Crippen molar-refractivity contribution < 1.29 is 9.59 Å². The first-order valence-corrected chi connectivity index (χ1v) is 10.7. The van der Waals surface area contributed by atoms with Crippen molar-refractivity contribution in [1.82, 2.24) is 14.7 Å². The first-order chi connectivity index (χ1) is 13.6. The van der Waals surface area contributed by atoms with Gasteiger partial charge in [-0.15, -0.1) is 0 Å². The number of nitrogens with zero attached hydrogens (tertiary/aromatic N) is 3. The third-order valence-electron chi connectivity index (χ3n) is 5.20. The highest BCUT2D eigenvalue weighted by Crippen LogP contribution is 2.15. The van der Waals surface area contributed by atoms with Gasteiger partial charge in [0.2, 0.25) is 11.8 Å². The van der Waals surface area contributed by atoms with Crippen molar-refractivity contribution >= 4 is 17.5 Å². The van der Waals surface area contributed by atoms with E-state index < -0.39 is 0 Å². The maximum Gasteiger partial charge on any atom is 0.238 e. The average molecular weight is 389 g/mol. The lowest BCUT2D eigenvalue weighted by Gasteiger charge is -2.35. The fraction of sp³-hybridized carbons (Fsp3) is 0.636. The molecule has 28 heavy (non-hydrogen) atoms. The van der Waals surface area contributed by atoms with Crippen molar-refractivity contribution in [3.05, 3.63) is 29.8 Å². The lowest BCUT2D eigenvalue weighted by molar-refractivity contribution is -0.134. The van der Waals surface area contributed by atoms with Crippen LogP contribution in [0.1, 0.15) is 39.2 Å². The zero-order chi connectivity index (χ0) is 20.4. The van der Waals surface area contributed by atoms with Gasteiger partial charge in [0.05, 0.1) is 13.1 Å². The Morgan fingerprint density at radius 1 is 1.00 bits per heavy atom. The molecule has 1 aromatic rings. The second-order valence-corrected chi connectivity index (χ2v) is 7.49.